The highest BCUT2D eigenvalue weighted by Gasteiger charge is 2.22. The number of nitrogens with zero attached hydrogens (tertiary/aromatic N) is 1. The molecule has 112 valence electrons. The van der Waals surface area contributed by atoms with Gasteiger partial charge in [-0.3, -0.25) is 0 Å². The fourth-order valence-electron chi connectivity index (χ4n) is 2.26. The average Bonchev–Trinajstić information content (AvgIpc) is 3.25. The third-order valence-electron chi connectivity index (χ3n) is 3.69. The fraction of sp³-hybridized carbons (Fsp3) is 0.647. The van der Waals surface area contributed by atoms with Crippen molar-refractivity contribution in [1.29, 1.82) is 0 Å². The van der Waals surface area contributed by atoms with Crippen molar-refractivity contribution in [2.75, 3.05) is 33.3 Å². The molecule has 20 heavy (non-hydrogen) atoms. The first-order valence-electron chi connectivity index (χ1n) is 7.89. The summed E-state index contributed by atoms with van der Waals surface area (Å²) < 4.78 is 5.80. The molecule has 1 fully saturated rings. The zero-order chi connectivity index (χ0) is 14.2. The molecule has 1 aliphatic carbocycles. The zero-order valence-corrected chi connectivity index (χ0v) is 12.9. The van der Waals surface area contributed by atoms with Gasteiger partial charge >= 0.3 is 0 Å². The van der Waals surface area contributed by atoms with Crippen molar-refractivity contribution >= 4 is 0 Å². The first-order chi connectivity index (χ1) is 9.78. The largest absolute Gasteiger partial charge is 0.492 e. The van der Waals surface area contributed by atoms with E-state index >= 15 is 0 Å². The molecular formula is C17H28N2O. The number of hydrogen-bond donors (Lipinski definition) is 1. The van der Waals surface area contributed by atoms with Crippen LogP contribution in [0.2, 0.25) is 0 Å². The van der Waals surface area contributed by atoms with Crippen LogP contribution in [0.15, 0.2) is 24.3 Å². The molecule has 0 aromatic heterocycles. The van der Waals surface area contributed by atoms with Crippen molar-refractivity contribution in [2.45, 2.75) is 32.7 Å². The van der Waals surface area contributed by atoms with E-state index in [1.54, 1.807) is 0 Å². The van der Waals surface area contributed by atoms with Crippen molar-refractivity contribution < 1.29 is 4.74 Å². The normalized spacial score (nSPS) is 14.8. The second kappa shape index (κ2) is 8.28. The Hall–Kier alpha value is -1.06. The highest BCUT2D eigenvalue weighted by atomic mass is 16.5. The van der Waals surface area contributed by atoms with Gasteiger partial charge in [-0.15, -0.1) is 0 Å². The minimum absolute atomic E-state index is 0.774. The van der Waals surface area contributed by atoms with E-state index in [0.717, 1.165) is 37.9 Å². The number of ether oxygens (including phenoxy) is 1. The van der Waals surface area contributed by atoms with Crippen LogP contribution in [0.25, 0.3) is 0 Å². The van der Waals surface area contributed by atoms with Gasteiger partial charge in [0.1, 0.15) is 12.4 Å². The van der Waals surface area contributed by atoms with Crippen LogP contribution >= 0.6 is 0 Å². The van der Waals surface area contributed by atoms with E-state index < -0.39 is 0 Å². The summed E-state index contributed by atoms with van der Waals surface area (Å²) in [6.45, 7) is 7.21. The maximum absolute atomic E-state index is 5.80. The Kier molecular flexibility index (Phi) is 6.34. The van der Waals surface area contributed by atoms with Crippen molar-refractivity contribution in [1.82, 2.24) is 10.2 Å². The average molecular weight is 276 g/mol. The molecule has 3 nitrogen and oxygen atoms in total. The standard InChI is InChI=1S/C17H28N2O/c1-3-10-18-13-15-6-8-17(9-7-15)20-12-11-19(2)14-16-4-5-16/h6-9,16,18H,3-5,10-14H2,1-2H3. The number of nitrogens with one attached hydrogen (secondary N) is 1. The Morgan fingerprint density at radius 2 is 2.00 bits per heavy atom. The Morgan fingerprint density at radius 3 is 2.65 bits per heavy atom. The molecule has 1 aromatic carbocycles. The highest BCUT2D eigenvalue weighted by Crippen LogP contribution is 2.29. The van der Waals surface area contributed by atoms with Gasteiger partial charge in [0, 0.05) is 19.6 Å². The number of hydrogen-bond acceptors (Lipinski definition) is 3. The number of likely N-dealkylation sites (N-methyl/N-ethyl adjacent to an activating group) is 1. The van der Waals surface area contributed by atoms with Gasteiger partial charge in [0.05, 0.1) is 0 Å². The summed E-state index contributed by atoms with van der Waals surface area (Å²) in [6, 6.07) is 8.44. The molecule has 0 unspecified atom stereocenters. The van der Waals surface area contributed by atoms with Crippen LogP contribution in [-0.2, 0) is 6.54 Å². The topological polar surface area (TPSA) is 24.5 Å². The second-order valence-corrected chi connectivity index (χ2v) is 5.87. The summed E-state index contributed by atoms with van der Waals surface area (Å²) in [5, 5.41) is 3.41. The Balaban J connectivity index is 1.62. The maximum Gasteiger partial charge on any atom is 0.119 e. The first-order valence-corrected chi connectivity index (χ1v) is 7.89. The van der Waals surface area contributed by atoms with E-state index in [9.17, 15) is 0 Å². The molecule has 1 aromatic rings. The predicted molar refractivity (Wildman–Crippen MR) is 84.2 cm³/mol. The Bertz CT molecular complexity index is 373. The molecule has 0 atom stereocenters. The number of benzene rings is 1. The molecule has 0 heterocycles. The minimum atomic E-state index is 0.774. The molecule has 0 amide bonds. The lowest BCUT2D eigenvalue weighted by Crippen LogP contribution is -2.26. The van der Waals surface area contributed by atoms with Crippen LogP contribution in [0.4, 0.5) is 0 Å². The molecule has 0 saturated heterocycles. The van der Waals surface area contributed by atoms with Crippen molar-refractivity contribution in [3.05, 3.63) is 29.8 Å². The van der Waals surface area contributed by atoms with Crippen molar-refractivity contribution in [2.24, 2.45) is 5.92 Å². The van der Waals surface area contributed by atoms with Gasteiger partial charge in [-0.1, -0.05) is 19.1 Å². The van der Waals surface area contributed by atoms with Crippen LogP contribution in [0.3, 0.4) is 0 Å². The summed E-state index contributed by atoms with van der Waals surface area (Å²) in [5.74, 6) is 1.93. The maximum atomic E-state index is 5.80. The van der Waals surface area contributed by atoms with Gasteiger partial charge in [-0.05, 0) is 56.5 Å². The Morgan fingerprint density at radius 1 is 1.25 bits per heavy atom. The quantitative estimate of drug-likeness (QED) is 0.665. The van der Waals surface area contributed by atoms with E-state index in [0.29, 0.717) is 0 Å². The second-order valence-electron chi connectivity index (χ2n) is 5.87. The fourth-order valence-corrected chi connectivity index (χ4v) is 2.26. The van der Waals surface area contributed by atoms with Gasteiger partial charge < -0.3 is 15.0 Å². The van der Waals surface area contributed by atoms with Gasteiger partial charge in [0.15, 0.2) is 0 Å². The highest BCUT2D eigenvalue weighted by molar-refractivity contribution is 5.27. The smallest absolute Gasteiger partial charge is 0.119 e. The van der Waals surface area contributed by atoms with E-state index in [4.69, 9.17) is 4.74 Å². The van der Waals surface area contributed by atoms with Gasteiger partial charge in [0.2, 0.25) is 0 Å². The summed E-state index contributed by atoms with van der Waals surface area (Å²) in [7, 11) is 2.18. The molecule has 3 heteroatoms. The molecule has 0 bridgehead atoms. The lowest BCUT2D eigenvalue weighted by atomic mass is 10.2. The summed E-state index contributed by atoms with van der Waals surface area (Å²) in [6.07, 6.45) is 4.01. The Labute approximate surface area is 123 Å². The van der Waals surface area contributed by atoms with Crippen molar-refractivity contribution in [3.63, 3.8) is 0 Å². The van der Waals surface area contributed by atoms with E-state index in [1.807, 2.05) is 0 Å². The van der Waals surface area contributed by atoms with Crippen LogP contribution < -0.4 is 10.1 Å². The van der Waals surface area contributed by atoms with Crippen LogP contribution in [0.5, 0.6) is 5.75 Å². The monoisotopic (exact) mass is 276 g/mol. The number of rotatable bonds is 10. The van der Waals surface area contributed by atoms with Crippen LogP contribution in [-0.4, -0.2) is 38.2 Å². The van der Waals surface area contributed by atoms with E-state index in [2.05, 4.69) is 48.5 Å². The lowest BCUT2D eigenvalue weighted by molar-refractivity contribution is 0.232. The van der Waals surface area contributed by atoms with E-state index in [1.165, 1.54) is 31.4 Å². The summed E-state index contributed by atoms with van der Waals surface area (Å²) in [4.78, 5) is 2.38. The first kappa shape index (κ1) is 15.3. The van der Waals surface area contributed by atoms with Crippen LogP contribution in [0, 0.1) is 5.92 Å². The van der Waals surface area contributed by atoms with Gasteiger partial charge in [-0.2, -0.15) is 0 Å². The molecule has 0 radical (unpaired) electrons. The van der Waals surface area contributed by atoms with E-state index in [-0.39, 0.29) is 0 Å². The SMILES string of the molecule is CCCNCc1ccc(OCCN(C)CC2CC2)cc1. The van der Waals surface area contributed by atoms with Gasteiger partial charge in [-0.25, -0.2) is 0 Å². The molecular weight excluding hydrogens is 248 g/mol. The summed E-state index contributed by atoms with van der Waals surface area (Å²) >= 11 is 0. The molecule has 0 aliphatic heterocycles. The third-order valence-corrected chi connectivity index (χ3v) is 3.69. The summed E-state index contributed by atoms with van der Waals surface area (Å²) in [5.41, 5.74) is 1.32. The minimum Gasteiger partial charge on any atom is -0.492 e. The van der Waals surface area contributed by atoms with Crippen LogP contribution in [0.1, 0.15) is 31.7 Å². The lowest BCUT2D eigenvalue weighted by Gasteiger charge is -2.16. The third kappa shape index (κ3) is 5.93. The van der Waals surface area contributed by atoms with Gasteiger partial charge in [0.25, 0.3) is 0 Å². The molecule has 1 N–H and O–H groups in total. The zero-order valence-electron chi connectivity index (χ0n) is 12.9. The molecule has 1 aliphatic rings. The molecule has 2 rings (SSSR count). The van der Waals surface area contributed by atoms with Crippen molar-refractivity contribution in [3.8, 4) is 5.75 Å². The molecule has 0 spiro atoms. The molecule has 1 saturated carbocycles. The predicted octanol–water partition coefficient (Wildman–Crippen LogP) is 2.91.